The first-order valence-corrected chi connectivity index (χ1v) is 7.30. The quantitative estimate of drug-likeness (QED) is 0.748. The zero-order chi connectivity index (χ0) is 16.1. The lowest BCUT2D eigenvalue weighted by molar-refractivity contribution is 0.0862. The molecule has 7 heteroatoms. The van der Waals surface area contributed by atoms with Crippen molar-refractivity contribution >= 4 is 12.0 Å². The molecule has 0 aromatic carbocycles. The number of hydrogen-bond acceptors (Lipinski definition) is 4. The first kappa shape index (κ1) is 14.6. The van der Waals surface area contributed by atoms with Crippen LogP contribution in [0.5, 0.6) is 0 Å². The van der Waals surface area contributed by atoms with Crippen LogP contribution in [0, 0.1) is 0 Å². The van der Waals surface area contributed by atoms with Crippen LogP contribution in [0.15, 0.2) is 18.3 Å². The molecule has 1 aliphatic heterocycles. The van der Waals surface area contributed by atoms with Gasteiger partial charge in [0.15, 0.2) is 5.95 Å². The van der Waals surface area contributed by atoms with Gasteiger partial charge in [-0.1, -0.05) is 0 Å². The maximum Gasteiger partial charge on any atom is 0.415 e. The number of imidazole rings is 1. The second-order valence-electron chi connectivity index (χ2n) is 6.59. The number of rotatable bonds is 1. The zero-order valence-corrected chi connectivity index (χ0v) is 13.0. The smallest absolute Gasteiger partial charge is 0.415 e. The van der Waals surface area contributed by atoms with E-state index in [0.29, 0.717) is 11.6 Å². The lowest BCUT2D eigenvalue weighted by atomic mass is 9.93. The third-order valence-electron chi connectivity index (χ3n) is 4.13. The molecule has 3 rings (SSSR count). The summed E-state index contributed by atoms with van der Waals surface area (Å²) in [5.74, 6) is 0.374. The third kappa shape index (κ3) is 2.27. The van der Waals surface area contributed by atoms with E-state index in [-0.39, 0.29) is 11.6 Å². The SMILES string of the molecule is CC(C)(C)N1CCc2[nH]c(N)nc2C1c1cccn1C(=O)O. The minimum atomic E-state index is -0.996. The lowest BCUT2D eigenvalue weighted by Crippen LogP contribution is -2.48. The van der Waals surface area contributed by atoms with Crippen molar-refractivity contribution in [2.45, 2.75) is 38.8 Å². The van der Waals surface area contributed by atoms with Crippen molar-refractivity contribution in [1.29, 1.82) is 0 Å². The molecule has 0 bridgehead atoms. The topological polar surface area (TPSA) is 100 Å². The van der Waals surface area contributed by atoms with Crippen molar-refractivity contribution in [2.75, 3.05) is 12.3 Å². The van der Waals surface area contributed by atoms with E-state index < -0.39 is 6.09 Å². The van der Waals surface area contributed by atoms with Crippen LogP contribution < -0.4 is 5.73 Å². The molecule has 0 aliphatic carbocycles. The summed E-state index contributed by atoms with van der Waals surface area (Å²) in [5, 5.41) is 9.42. The Hall–Kier alpha value is -2.28. The van der Waals surface area contributed by atoms with Crippen molar-refractivity contribution < 1.29 is 9.90 Å². The molecular weight excluding hydrogens is 282 g/mol. The molecule has 1 atom stereocenters. The molecule has 4 N–H and O–H groups in total. The highest BCUT2D eigenvalue weighted by atomic mass is 16.4. The molecule has 2 aromatic rings. The van der Waals surface area contributed by atoms with Crippen LogP contribution >= 0.6 is 0 Å². The van der Waals surface area contributed by atoms with Gasteiger partial charge in [-0.2, -0.15) is 0 Å². The van der Waals surface area contributed by atoms with Gasteiger partial charge in [0.25, 0.3) is 0 Å². The number of nitrogens with two attached hydrogens (primary N) is 1. The Bertz CT molecular complexity index is 710. The van der Waals surface area contributed by atoms with Crippen LogP contribution in [-0.2, 0) is 6.42 Å². The minimum Gasteiger partial charge on any atom is -0.464 e. The van der Waals surface area contributed by atoms with Crippen molar-refractivity contribution in [2.24, 2.45) is 0 Å². The van der Waals surface area contributed by atoms with Crippen LogP contribution in [0.2, 0.25) is 0 Å². The predicted octanol–water partition coefficient (Wildman–Crippen LogP) is 2.07. The molecule has 7 nitrogen and oxygen atoms in total. The Labute approximate surface area is 128 Å². The Balaban J connectivity index is 2.17. The third-order valence-corrected chi connectivity index (χ3v) is 4.13. The average molecular weight is 303 g/mol. The number of nitrogen functional groups attached to an aromatic ring is 1. The highest BCUT2D eigenvalue weighted by Gasteiger charge is 2.39. The van der Waals surface area contributed by atoms with E-state index in [1.807, 2.05) is 6.07 Å². The summed E-state index contributed by atoms with van der Waals surface area (Å²) in [6.45, 7) is 7.17. The number of nitrogens with zero attached hydrogens (tertiary/aromatic N) is 3. The number of hydrogen-bond donors (Lipinski definition) is 3. The minimum absolute atomic E-state index is 0.121. The fraction of sp³-hybridized carbons (Fsp3) is 0.467. The van der Waals surface area contributed by atoms with Crippen LogP contribution in [0.1, 0.15) is 43.9 Å². The first-order chi connectivity index (χ1) is 10.3. The van der Waals surface area contributed by atoms with Crippen molar-refractivity contribution in [3.05, 3.63) is 35.4 Å². The van der Waals surface area contributed by atoms with E-state index in [9.17, 15) is 9.90 Å². The number of carboxylic acid groups (broad SMARTS) is 1. The van der Waals surface area contributed by atoms with Gasteiger partial charge in [0.05, 0.1) is 17.4 Å². The molecule has 2 aromatic heterocycles. The number of fused-ring (bicyclic) bond motifs is 1. The van der Waals surface area contributed by atoms with Gasteiger partial charge >= 0.3 is 6.09 Å². The van der Waals surface area contributed by atoms with E-state index in [4.69, 9.17) is 5.73 Å². The molecule has 0 saturated heterocycles. The molecule has 0 amide bonds. The summed E-state index contributed by atoms with van der Waals surface area (Å²) in [6, 6.07) is 3.34. The molecule has 0 spiro atoms. The molecule has 0 radical (unpaired) electrons. The maximum atomic E-state index is 11.5. The van der Waals surface area contributed by atoms with Gasteiger partial charge in [0.1, 0.15) is 0 Å². The van der Waals surface area contributed by atoms with Gasteiger partial charge in [-0.3, -0.25) is 9.47 Å². The highest BCUT2D eigenvalue weighted by Crippen LogP contribution is 2.38. The van der Waals surface area contributed by atoms with Gasteiger partial charge in [-0.15, -0.1) is 0 Å². The van der Waals surface area contributed by atoms with Gasteiger partial charge in [0.2, 0.25) is 0 Å². The molecule has 22 heavy (non-hydrogen) atoms. The van der Waals surface area contributed by atoms with E-state index in [0.717, 1.165) is 24.4 Å². The Morgan fingerprint density at radius 1 is 1.50 bits per heavy atom. The maximum absolute atomic E-state index is 11.5. The van der Waals surface area contributed by atoms with E-state index in [1.165, 1.54) is 4.57 Å². The van der Waals surface area contributed by atoms with Crippen LogP contribution in [0.4, 0.5) is 10.7 Å². The van der Waals surface area contributed by atoms with Gasteiger partial charge in [0, 0.05) is 30.4 Å². The molecule has 1 aliphatic rings. The average Bonchev–Trinajstić information content (AvgIpc) is 3.00. The Kier molecular flexibility index (Phi) is 3.25. The number of aromatic nitrogens is 3. The summed E-state index contributed by atoms with van der Waals surface area (Å²) in [7, 11) is 0. The molecule has 3 heterocycles. The fourth-order valence-electron chi connectivity index (χ4n) is 3.18. The second kappa shape index (κ2) is 4.88. The summed E-state index contributed by atoms with van der Waals surface area (Å²) >= 11 is 0. The fourth-order valence-corrected chi connectivity index (χ4v) is 3.18. The van der Waals surface area contributed by atoms with E-state index in [2.05, 4.69) is 35.6 Å². The number of anilines is 1. The van der Waals surface area contributed by atoms with Crippen molar-refractivity contribution in [3.8, 4) is 0 Å². The van der Waals surface area contributed by atoms with Gasteiger partial charge in [-0.05, 0) is 32.9 Å². The van der Waals surface area contributed by atoms with Crippen molar-refractivity contribution in [1.82, 2.24) is 19.4 Å². The van der Waals surface area contributed by atoms with Crippen LogP contribution in [0.25, 0.3) is 0 Å². The number of aromatic amines is 1. The van der Waals surface area contributed by atoms with E-state index >= 15 is 0 Å². The number of nitrogens with one attached hydrogen (secondary N) is 1. The molecular formula is C15H21N5O2. The van der Waals surface area contributed by atoms with Gasteiger partial charge < -0.3 is 15.8 Å². The standard InChI is InChI=1S/C15H21N5O2/c1-15(2,3)20-8-6-9-11(18-13(16)17-9)12(20)10-5-4-7-19(10)14(21)22/h4-5,7,12H,6,8H2,1-3H3,(H,21,22)(H3,16,17,18). The van der Waals surface area contributed by atoms with Gasteiger partial charge in [-0.25, -0.2) is 9.78 Å². The van der Waals surface area contributed by atoms with Crippen molar-refractivity contribution in [3.63, 3.8) is 0 Å². The molecule has 1 unspecified atom stereocenters. The number of carbonyl (C=O) groups is 1. The van der Waals surface area contributed by atoms with Crippen LogP contribution in [0.3, 0.4) is 0 Å². The summed E-state index contributed by atoms with van der Waals surface area (Å²) < 4.78 is 1.25. The largest absolute Gasteiger partial charge is 0.464 e. The Morgan fingerprint density at radius 2 is 2.23 bits per heavy atom. The summed E-state index contributed by atoms with van der Waals surface area (Å²) in [5.41, 5.74) is 8.19. The molecule has 0 saturated carbocycles. The molecule has 118 valence electrons. The van der Waals surface area contributed by atoms with E-state index in [1.54, 1.807) is 12.3 Å². The second-order valence-corrected chi connectivity index (χ2v) is 6.59. The first-order valence-electron chi connectivity index (χ1n) is 7.30. The Morgan fingerprint density at radius 3 is 2.86 bits per heavy atom. The lowest BCUT2D eigenvalue weighted by Gasteiger charge is -2.43. The monoisotopic (exact) mass is 303 g/mol. The summed E-state index contributed by atoms with van der Waals surface area (Å²) in [6.07, 6.45) is 1.38. The number of H-pyrrole nitrogens is 1. The normalized spacial score (nSPS) is 19.1. The van der Waals surface area contributed by atoms with Crippen LogP contribution in [-0.4, -0.2) is 42.7 Å². The predicted molar refractivity (Wildman–Crippen MR) is 82.9 cm³/mol. The molecule has 0 fully saturated rings. The zero-order valence-electron chi connectivity index (χ0n) is 13.0. The highest BCUT2D eigenvalue weighted by molar-refractivity contribution is 5.69. The summed E-state index contributed by atoms with van der Waals surface area (Å²) in [4.78, 5) is 21.3.